The molecule has 164 valence electrons. The van der Waals surface area contributed by atoms with Gasteiger partial charge in [-0.05, 0) is 43.4 Å². The summed E-state index contributed by atoms with van der Waals surface area (Å²) < 4.78 is 30.1. The van der Waals surface area contributed by atoms with E-state index in [0.29, 0.717) is 23.8 Å². The van der Waals surface area contributed by atoms with E-state index >= 15 is 0 Å². The number of para-hydroxylation sites is 1. The van der Waals surface area contributed by atoms with E-state index in [2.05, 4.69) is 39.4 Å². The van der Waals surface area contributed by atoms with Crippen LogP contribution in [-0.2, 0) is 29.4 Å². The van der Waals surface area contributed by atoms with Gasteiger partial charge in [0, 0.05) is 24.9 Å². The summed E-state index contributed by atoms with van der Waals surface area (Å²) in [6.07, 6.45) is 5.54. The second kappa shape index (κ2) is 9.66. The molecule has 2 aromatic carbocycles. The van der Waals surface area contributed by atoms with Crippen LogP contribution in [-0.4, -0.2) is 42.9 Å². The summed E-state index contributed by atoms with van der Waals surface area (Å²) in [5, 5.41) is 6.86. The minimum Gasteiger partial charge on any atom is -0.489 e. The van der Waals surface area contributed by atoms with E-state index < -0.39 is 9.84 Å². The Kier molecular flexibility index (Phi) is 6.73. The molecule has 1 aliphatic heterocycles. The zero-order valence-electron chi connectivity index (χ0n) is 17.8. The van der Waals surface area contributed by atoms with Crippen molar-refractivity contribution in [2.24, 2.45) is 5.92 Å². The van der Waals surface area contributed by atoms with E-state index in [9.17, 15) is 8.42 Å². The van der Waals surface area contributed by atoms with Crippen molar-refractivity contribution in [3.8, 4) is 5.75 Å². The summed E-state index contributed by atoms with van der Waals surface area (Å²) in [5.41, 5.74) is 3.05. The highest BCUT2D eigenvalue weighted by Crippen LogP contribution is 2.27. The first-order chi connectivity index (χ1) is 15.0. The van der Waals surface area contributed by atoms with Gasteiger partial charge in [-0.3, -0.25) is 10.00 Å². The van der Waals surface area contributed by atoms with Crippen LogP contribution in [0.3, 0.4) is 0 Å². The maximum absolute atomic E-state index is 12.0. The van der Waals surface area contributed by atoms with Crippen LogP contribution in [0.25, 0.3) is 0 Å². The lowest BCUT2D eigenvalue weighted by molar-refractivity contribution is 0.163. The third-order valence-corrected chi connectivity index (χ3v) is 6.93. The number of aromatic amines is 1. The molecular weight excluding hydrogens is 410 g/mol. The molecule has 1 fully saturated rings. The summed E-state index contributed by atoms with van der Waals surface area (Å²) in [6, 6.07) is 18.4. The molecule has 6 nitrogen and oxygen atoms in total. The van der Waals surface area contributed by atoms with Crippen LogP contribution in [0.1, 0.15) is 29.7 Å². The lowest BCUT2D eigenvalue weighted by Crippen LogP contribution is -2.36. The van der Waals surface area contributed by atoms with E-state index in [1.807, 2.05) is 30.3 Å². The van der Waals surface area contributed by atoms with E-state index in [0.717, 1.165) is 49.5 Å². The molecule has 0 bridgehead atoms. The van der Waals surface area contributed by atoms with Crippen molar-refractivity contribution in [3.63, 3.8) is 0 Å². The Labute approximate surface area is 184 Å². The van der Waals surface area contributed by atoms with Crippen LogP contribution in [0.5, 0.6) is 5.75 Å². The molecule has 4 rings (SSSR count). The molecule has 1 aromatic heterocycles. The highest BCUT2D eigenvalue weighted by Gasteiger charge is 2.24. The van der Waals surface area contributed by atoms with Crippen molar-refractivity contribution in [3.05, 3.63) is 77.6 Å². The Balaban J connectivity index is 1.39. The number of sulfone groups is 1. The van der Waals surface area contributed by atoms with E-state index in [1.54, 1.807) is 0 Å². The lowest BCUT2D eigenvalue weighted by atomic mass is 9.93. The maximum Gasteiger partial charge on any atom is 0.178 e. The molecule has 0 amide bonds. The summed E-state index contributed by atoms with van der Waals surface area (Å²) >= 11 is 0. The number of nitrogens with zero attached hydrogens (tertiary/aromatic N) is 2. The molecule has 31 heavy (non-hydrogen) atoms. The van der Waals surface area contributed by atoms with Gasteiger partial charge < -0.3 is 4.74 Å². The molecule has 2 heterocycles. The number of nitrogens with one attached hydrogen (secondary N) is 1. The predicted octanol–water partition coefficient (Wildman–Crippen LogP) is 3.85. The van der Waals surface area contributed by atoms with E-state index in [4.69, 9.17) is 4.74 Å². The van der Waals surface area contributed by atoms with Crippen LogP contribution < -0.4 is 4.74 Å². The second-order valence-electron chi connectivity index (χ2n) is 8.31. The molecule has 0 radical (unpaired) electrons. The molecule has 0 spiro atoms. The monoisotopic (exact) mass is 439 g/mol. The SMILES string of the molecule is CS(=O)(=O)c1cn[nH]c1C[C@H]1CCCN(Cc2ccccc2OCc2ccccc2)C1. The minimum atomic E-state index is -3.26. The number of ether oxygens (including phenoxy) is 1. The predicted molar refractivity (Wildman–Crippen MR) is 121 cm³/mol. The fraction of sp³-hybridized carbons (Fsp3) is 0.375. The number of hydrogen-bond donors (Lipinski definition) is 1. The first kappa shape index (κ1) is 21.6. The van der Waals surface area contributed by atoms with E-state index in [1.165, 1.54) is 18.0 Å². The lowest BCUT2D eigenvalue weighted by Gasteiger charge is -2.33. The van der Waals surface area contributed by atoms with Gasteiger partial charge in [0.05, 0.1) is 11.9 Å². The van der Waals surface area contributed by atoms with Crippen LogP contribution >= 0.6 is 0 Å². The van der Waals surface area contributed by atoms with Gasteiger partial charge in [-0.1, -0.05) is 48.5 Å². The highest BCUT2D eigenvalue weighted by molar-refractivity contribution is 7.90. The standard InChI is InChI=1S/C24H29N3O3S/c1-31(28,29)24-15-25-26-22(24)14-20-10-7-13-27(16-20)17-21-11-5-6-12-23(21)30-18-19-8-3-2-4-9-19/h2-6,8-9,11-12,15,20H,7,10,13-14,16-18H2,1H3,(H,25,26)/t20-/m1/s1. The molecular formula is C24H29N3O3S. The number of hydrogen-bond acceptors (Lipinski definition) is 5. The Morgan fingerprint density at radius 2 is 1.90 bits per heavy atom. The summed E-state index contributed by atoms with van der Waals surface area (Å²) in [4.78, 5) is 2.76. The molecule has 1 N–H and O–H groups in total. The number of likely N-dealkylation sites (tertiary alicyclic amines) is 1. The van der Waals surface area contributed by atoms with Crippen molar-refractivity contribution in [1.29, 1.82) is 0 Å². The largest absolute Gasteiger partial charge is 0.489 e. The summed E-state index contributed by atoms with van der Waals surface area (Å²) in [5.74, 6) is 1.31. The van der Waals surface area contributed by atoms with Gasteiger partial charge >= 0.3 is 0 Å². The number of H-pyrrole nitrogens is 1. The number of piperidine rings is 1. The molecule has 0 saturated carbocycles. The maximum atomic E-state index is 12.0. The number of aromatic nitrogens is 2. The van der Waals surface area contributed by atoms with E-state index in [-0.39, 0.29) is 0 Å². The first-order valence-electron chi connectivity index (χ1n) is 10.7. The van der Waals surface area contributed by atoms with Gasteiger partial charge in [-0.15, -0.1) is 0 Å². The number of rotatable bonds is 8. The minimum absolute atomic E-state index is 0.323. The first-order valence-corrected chi connectivity index (χ1v) is 12.6. The highest BCUT2D eigenvalue weighted by atomic mass is 32.2. The molecule has 7 heteroatoms. The normalized spacial score (nSPS) is 17.5. The Bertz CT molecular complexity index is 1100. The third kappa shape index (κ3) is 5.74. The van der Waals surface area contributed by atoms with Crippen molar-refractivity contribution in [2.45, 2.75) is 37.3 Å². The van der Waals surface area contributed by atoms with Crippen LogP contribution in [0.2, 0.25) is 0 Å². The van der Waals surface area contributed by atoms with Crippen molar-refractivity contribution in [2.75, 3.05) is 19.3 Å². The fourth-order valence-electron chi connectivity index (χ4n) is 4.27. The van der Waals surface area contributed by atoms with Crippen LogP contribution in [0, 0.1) is 5.92 Å². The molecule has 1 atom stereocenters. The second-order valence-corrected chi connectivity index (χ2v) is 10.3. The average molecular weight is 440 g/mol. The van der Waals surface area contributed by atoms with Gasteiger partial charge in [0.2, 0.25) is 0 Å². The third-order valence-electron chi connectivity index (χ3n) is 5.78. The van der Waals surface area contributed by atoms with Crippen molar-refractivity contribution >= 4 is 9.84 Å². The molecule has 1 aliphatic rings. The van der Waals surface area contributed by atoms with Gasteiger partial charge in [-0.2, -0.15) is 5.10 Å². The van der Waals surface area contributed by atoms with Crippen LogP contribution in [0.4, 0.5) is 0 Å². The fourth-order valence-corrected chi connectivity index (χ4v) is 5.09. The smallest absolute Gasteiger partial charge is 0.178 e. The zero-order chi connectivity index (χ0) is 21.7. The molecule has 0 aliphatic carbocycles. The quantitative estimate of drug-likeness (QED) is 0.577. The van der Waals surface area contributed by atoms with Crippen LogP contribution in [0.15, 0.2) is 65.7 Å². The Morgan fingerprint density at radius 3 is 2.71 bits per heavy atom. The van der Waals surface area contributed by atoms with Crippen molar-refractivity contribution < 1.29 is 13.2 Å². The molecule has 1 saturated heterocycles. The van der Waals surface area contributed by atoms with Gasteiger partial charge in [0.1, 0.15) is 17.3 Å². The average Bonchev–Trinajstić information content (AvgIpc) is 3.23. The zero-order valence-corrected chi connectivity index (χ0v) is 18.6. The summed E-state index contributed by atoms with van der Waals surface area (Å²) in [7, 11) is -3.26. The molecule has 3 aromatic rings. The van der Waals surface area contributed by atoms with Gasteiger partial charge in [-0.25, -0.2) is 8.42 Å². The van der Waals surface area contributed by atoms with Gasteiger partial charge in [0.15, 0.2) is 9.84 Å². The topological polar surface area (TPSA) is 75.3 Å². The van der Waals surface area contributed by atoms with Gasteiger partial charge in [0.25, 0.3) is 0 Å². The summed E-state index contributed by atoms with van der Waals surface area (Å²) in [6.45, 7) is 3.33. The van der Waals surface area contributed by atoms with Crippen molar-refractivity contribution in [1.82, 2.24) is 15.1 Å². The molecule has 0 unspecified atom stereocenters. The Hall–Kier alpha value is -2.64. The Morgan fingerprint density at radius 1 is 1.13 bits per heavy atom. The number of benzene rings is 2.